The fraction of sp³-hybridized carbons (Fsp3) is 0.190. The molecule has 0 aliphatic carbocycles. The SMILES string of the molecule is CN(C)c1ccc(NC(=O)c2cnc(N3CCc4ccccc43)cn2)cc1. The molecule has 1 N–H and O–H groups in total. The van der Waals surface area contributed by atoms with E-state index >= 15 is 0 Å². The molecule has 0 saturated carbocycles. The van der Waals surface area contributed by atoms with E-state index in [-0.39, 0.29) is 5.91 Å². The molecule has 6 nitrogen and oxygen atoms in total. The van der Waals surface area contributed by atoms with E-state index in [1.54, 1.807) is 6.20 Å². The van der Waals surface area contributed by atoms with E-state index in [9.17, 15) is 4.79 Å². The highest BCUT2D eigenvalue weighted by atomic mass is 16.1. The van der Waals surface area contributed by atoms with Crippen LogP contribution >= 0.6 is 0 Å². The van der Waals surface area contributed by atoms with Crippen LogP contribution in [0, 0.1) is 0 Å². The van der Waals surface area contributed by atoms with Gasteiger partial charge < -0.3 is 15.1 Å². The number of anilines is 4. The molecule has 27 heavy (non-hydrogen) atoms. The molecule has 1 aliphatic rings. The lowest BCUT2D eigenvalue weighted by molar-refractivity contribution is 0.102. The van der Waals surface area contributed by atoms with Crippen molar-refractivity contribution in [3.8, 4) is 0 Å². The largest absolute Gasteiger partial charge is 0.378 e. The maximum Gasteiger partial charge on any atom is 0.275 e. The van der Waals surface area contributed by atoms with Gasteiger partial charge in [0.15, 0.2) is 5.82 Å². The van der Waals surface area contributed by atoms with Crippen molar-refractivity contribution in [2.75, 3.05) is 35.8 Å². The van der Waals surface area contributed by atoms with Gasteiger partial charge in [-0.25, -0.2) is 9.97 Å². The molecule has 0 fully saturated rings. The van der Waals surface area contributed by atoms with Crippen LogP contribution in [0.1, 0.15) is 16.1 Å². The van der Waals surface area contributed by atoms with Crippen LogP contribution in [0.25, 0.3) is 0 Å². The topological polar surface area (TPSA) is 61.4 Å². The second-order valence-electron chi connectivity index (χ2n) is 6.69. The Kier molecular flexibility index (Phi) is 4.46. The van der Waals surface area contributed by atoms with Crippen LogP contribution in [0.15, 0.2) is 60.9 Å². The number of nitrogens with zero attached hydrogens (tertiary/aromatic N) is 4. The van der Waals surface area contributed by atoms with E-state index in [4.69, 9.17) is 0 Å². The number of fused-ring (bicyclic) bond motifs is 1. The first kappa shape index (κ1) is 17.0. The third-order valence-corrected chi connectivity index (χ3v) is 4.68. The molecule has 2 heterocycles. The molecule has 0 unspecified atom stereocenters. The lowest BCUT2D eigenvalue weighted by atomic mass is 10.2. The van der Waals surface area contributed by atoms with Gasteiger partial charge >= 0.3 is 0 Å². The molecule has 1 aromatic heterocycles. The van der Waals surface area contributed by atoms with E-state index < -0.39 is 0 Å². The smallest absolute Gasteiger partial charge is 0.275 e. The maximum absolute atomic E-state index is 12.4. The monoisotopic (exact) mass is 359 g/mol. The van der Waals surface area contributed by atoms with Crippen LogP contribution in [0.3, 0.4) is 0 Å². The fourth-order valence-electron chi connectivity index (χ4n) is 3.19. The van der Waals surface area contributed by atoms with Crippen LogP contribution in [0.5, 0.6) is 0 Å². The van der Waals surface area contributed by atoms with E-state index in [0.29, 0.717) is 5.69 Å². The minimum atomic E-state index is -0.270. The number of amides is 1. The molecular weight excluding hydrogens is 338 g/mol. The molecule has 0 radical (unpaired) electrons. The van der Waals surface area contributed by atoms with Crippen LogP contribution < -0.4 is 15.1 Å². The first-order valence-electron chi connectivity index (χ1n) is 8.88. The molecule has 0 atom stereocenters. The van der Waals surface area contributed by atoms with Gasteiger partial charge in [0.2, 0.25) is 0 Å². The third kappa shape index (κ3) is 3.46. The summed E-state index contributed by atoms with van der Waals surface area (Å²) in [5, 5.41) is 2.86. The van der Waals surface area contributed by atoms with Gasteiger partial charge in [-0.05, 0) is 42.3 Å². The minimum absolute atomic E-state index is 0.270. The summed E-state index contributed by atoms with van der Waals surface area (Å²) >= 11 is 0. The maximum atomic E-state index is 12.4. The van der Waals surface area contributed by atoms with Gasteiger partial charge in [-0.1, -0.05) is 18.2 Å². The molecule has 0 spiro atoms. The highest BCUT2D eigenvalue weighted by Crippen LogP contribution is 2.32. The molecule has 1 aliphatic heterocycles. The Morgan fingerprint density at radius 2 is 1.81 bits per heavy atom. The normalized spacial score (nSPS) is 12.6. The molecule has 2 aromatic carbocycles. The summed E-state index contributed by atoms with van der Waals surface area (Å²) in [7, 11) is 3.95. The van der Waals surface area contributed by atoms with E-state index in [1.807, 2.05) is 55.4 Å². The Bertz CT molecular complexity index is 951. The average Bonchev–Trinajstić information content (AvgIpc) is 3.12. The number of carbonyl (C=O) groups excluding carboxylic acids is 1. The first-order valence-corrected chi connectivity index (χ1v) is 8.88. The number of hydrogen-bond donors (Lipinski definition) is 1. The lowest BCUT2D eigenvalue weighted by Crippen LogP contribution is -2.18. The number of nitrogens with one attached hydrogen (secondary N) is 1. The van der Waals surface area contributed by atoms with Crippen molar-refractivity contribution in [1.82, 2.24) is 9.97 Å². The standard InChI is InChI=1S/C21H21N5O/c1-25(2)17-9-7-16(8-10-17)24-21(27)18-13-23-20(14-22-18)26-12-11-15-5-3-4-6-19(15)26/h3-10,13-14H,11-12H2,1-2H3,(H,24,27). The summed E-state index contributed by atoms with van der Waals surface area (Å²) in [6.07, 6.45) is 4.18. The van der Waals surface area contributed by atoms with Crippen molar-refractivity contribution >= 4 is 28.8 Å². The Morgan fingerprint density at radius 1 is 1.04 bits per heavy atom. The van der Waals surface area contributed by atoms with Gasteiger partial charge in [0.05, 0.1) is 12.4 Å². The predicted octanol–water partition coefficient (Wildman–Crippen LogP) is 3.49. The van der Waals surface area contributed by atoms with Crippen LogP contribution in [-0.2, 0) is 6.42 Å². The second-order valence-corrected chi connectivity index (χ2v) is 6.69. The van der Waals surface area contributed by atoms with E-state index in [2.05, 4.69) is 32.3 Å². The summed E-state index contributed by atoms with van der Waals surface area (Å²) in [6.45, 7) is 0.873. The predicted molar refractivity (Wildman–Crippen MR) is 108 cm³/mol. The van der Waals surface area contributed by atoms with Crippen molar-refractivity contribution in [2.45, 2.75) is 6.42 Å². The first-order chi connectivity index (χ1) is 13.1. The number of para-hydroxylation sites is 1. The zero-order valence-electron chi connectivity index (χ0n) is 15.4. The van der Waals surface area contributed by atoms with Gasteiger partial charge in [-0.3, -0.25) is 4.79 Å². The van der Waals surface area contributed by atoms with Crippen molar-refractivity contribution in [1.29, 1.82) is 0 Å². The minimum Gasteiger partial charge on any atom is -0.378 e. The molecule has 0 bridgehead atoms. The van der Waals surface area contributed by atoms with Gasteiger partial charge in [-0.15, -0.1) is 0 Å². The summed E-state index contributed by atoms with van der Waals surface area (Å²) in [6, 6.07) is 15.9. The number of carbonyl (C=O) groups is 1. The Labute approximate surface area is 158 Å². The third-order valence-electron chi connectivity index (χ3n) is 4.68. The number of benzene rings is 2. The summed E-state index contributed by atoms with van der Waals surface area (Å²) < 4.78 is 0. The highest BCUT2D eigenvalue weighted by Gasteiger charge is 2.21. The lowest BCUT2D eigenvalue weighted by Gasteiger charge is -2.17. The van der Waals surface area contributed by atoms with E-state index in [1.165, 1.54) is 11.8 Å². The van der Waals surface area contributed by atoms with Crippen molar-refractivity contribution < 1.29 is 4.79 Å². The number of hydrogen-bond acceptors (Lipinski definition) is 5. The summed E-state index contributed by atoms with van der Waals surface area (Å²) in [5.41, 5.74) is 4.56. The molecule has 4 rings (SSSR count). The summed E-state index contributed by atoms with van der Waals surface area (Å²) in [4.78, 5) is 25.3. The second kappa shape index (κ2) is 7.07. The average molecular weight is 359 g/mol. The molecular formula is C21H21N5O. The van der Waals surface area contributed by atoms with Gasteiger partial charge in [0.1, 0.15) is 5.69 Å². The molecule has 0 saturated heterocycles. The van der Waals surface area contributed by atoms with Crippen LogP contribution in [0.4, 0.5) is 22.9 Å². The fourth-order valence-corrected chi connectivity index (χ4v) is 3.19. The number of aromatic nitrogens is 2. The Morgan fingerprint density at radius 3 is 2.52 bits per heavy atom. The zero-order valence-corrected chi connectivity index (χ0v) is 15.4. The highest BCUT2D eigenvalue weighted by molar-refractivity contribution is 6.02. The molecule has 136 valence electrons. The molecule has 1 amide bonds. The zero-order chi connectivity index (χ0) is 18.8. The van der Waals surface area contributed by atoms with Crippen molar-refractivity contribution in [2.24, 2.45) is 0 Å². The Balaban J connectivity index is 1.47. The summed E-state index contributed by atoms with van der Waals surface area (Å²) in [5.74, 6) is 0.486. The van der Waals surface area contributed by atoms with E-state index in [0.717, 1.165) is 35.8 Å². The van der Waals surface area contributed by atoms with Crippen LogP contribution in [0.2, 0.25) is 0 Å². The van der Waals surface area contributed by atoms with Gasteiger partial charge in [0, 0.05) is 37.7 Å². The quantitative estimate of drug-likeness (QED) is 0.773. The Hall–Kier alpha value is -3.41. The van der Waals surface area contributed by atoms with Gasteiger partial charge in [-0.2, -0.15) is 0 Å². The number of rotatable bonds is 4. The van der Waals surface area contributed by atoms with Gasteiger partial charge in [0.25, 0.3) is 5.91 Å². The van der Waals surface area contributed by atoms with Crippen molar-refractivity contribution in [3.05, 3.63) is 72.2 Å². The van der Waals surface area contributed by atoms with Crippen molar-refractivity contribution in [3.63, 3.8) is 0 Å². The molecule has 6 heteroatoms. The molecule has 3 aromatic rings. The van der Waals surface area contributed by atoms with Crippen LogP contribution in [-0.4, -0.2) is 36.5 Å².